The van der Waals surface area contributed by atoms with Gasteiger partial charge in [0, 0.05) is 18.6 Å². The summed E-state index contributed by atoms with van der Waals surface area (Å²) in [6.07, 6.45) is 2.01. The topological polar surface area (TPSA) is 14.2 Å². The van der Waals surface area contributed by atoms with Gasteiger partial charge in [-0.1, -0.05) is 0 Å². The largest absolute Gasteiger partial charge is 0.495 e. The lowest BCUT2D eigenvalue weighted by atomic mass is 10.2. The van der Waals surface area contributed by atoms with Crippen molar-refractivity contribution in [3.05, 3.63) is 30.5 Å². The summed E-state index contributed by atoms with van der Waals surface area (Å²) in [5, 5.41) is 1.16. The molecule has 2 heteroatoms. The van der Waals surface area contributed by atoms with Crippen molar-refractivity contribution in [2.24, 2.45) is 7.05 Å². The second-order valence-corrected chi connectivity index (χ2v) is 2.75. The van der Waals surface area contributed by atoms with Crippen LogP contribution in [-0.2, 0) is 7.05 Å². The summed E-state index contributed by atoms with van der Waals surface area (Å²) in [7, 11) is 3.68. The van der Waals surface area contributed by atoms with E-state index in [1.807, 2.05) is 36.0 Å². The monoisotopic (exact) mass is 160 g/mol. The van der Waals surface area contributed by atoms with Crippen LogP contribution in [0.2, 0.25) is 0 Å². The van der Waals surface area contributed by atoms with Gasteiger partial charge in [0.25, 0.3) is 0 Å². The molecule has 1 aromatic heterocycles. The van der Waals surface area contributed by atoms with Gasteiger partial charge in [0.15, 0.2) is 0 Å². The fraction of sp³-hybridized carbons (Fsp3) is 0.200. The first-order chi connectivity index (χ1) is 5.83. The predicted octanol–water partition coefficient (Wildman–Crippen LogP) is 1.99. The van der Waals surface area contributed by atoms with Crippen molar-refractivity contribution in [3.8, 4) is 5.75 Å². The van der Waals surface area contributed by atoms with Gasteiger partial charge < -0.3 is 9.30 Å². The maximum atomic E-state index is 5.21. The summed E-state index contributed by atoms with van der Waals surface area (Å²) in [6, 6.07) is 8.89. The molecule has 0 saturated carbocycles. The van der Waals surface area contributed by atoms with Crippen molar-refractivity contribution in [2.75, 3.05) is 7.11 Å². The molecule has 2 aromatic rings. The first-order valence-electron chi connectivity index (χ1n) is 3.82. The fourth-order valence-electron chi connectivity index (χ4n) is 1.41. The van der Waals surface area contributed by atoms with Crippen molar-refractivity contribution in [3.63, 3.8) is 0 Å². The maximum Gasteiger partial charge on any atom is 0.143 e. The molecule has 1 heterocycles. The van der Waals surface area contributed by atoms with Gasteiger partial charge in [-0.05, 0) is 24.3 Å². The highest BCUT2D eigenvalue weighted by molar-refractivity contribution is 5.85. The molecule has 0 aliphatic heterocycles. The SMILES string of the molecule is COc1c[c]cc2ccn(C)c12. The van der Waals surface area contributed by atoms with Crippen LogP contribution in [0.4, 0.5) is 0 Å². The van der Waals surface area contributed by atoms with E-state index in [1.54, 1.807) is 7.11 Å². The summed E-state index contributed by atoms with van der Waals surface area (Å²) in [5.74, 6) is 0.875. The van der Waals surface area contributed by atoms with Crippen LogP contribution in [0.25, 0.3) is 10.9 Å². The van der Waals surface area contributed by atoms with Crippen molar-refractivity contribution < 1.29 is 4.74 Å². The number of methoxy groups -OCH3 is 1. The normalized spacial score (nSPS) is 10.5. The van der Waals surface area contributed by atoms with Crippen LogP contribution in [-0.4, -0.2) is 11.7 Å². The third-order valence-electron chi connectivity index (χ3n) is 2.01. The first kappa shape index (κ1) is 7.22. The number of rotatable bonds is 1. The van der Waals surface area contributed by atoms with E-state index in [0.717, 1.165) is 16.7 Å². The summed E-state index contributed by atoms with van der Waals surface area (Å²) < 4.78 is 7.26. The van der Waals surface area contributed by atoms with Gasteiger partial charge in [-0.25, -0.2) is 0 Å². The molecule has 0 aliphatic rings. The Morgan fingerprint density at radius 1 is 1.42 bits per heavy atom. The quantitative estimate of drug-likeness (QED) is 0.622. The molecular weight excluding hydrogens is 150 g/mol. The van der Waals surface area contributed by atoms with Gasteiger partial charge >= 0.3 is 0 Å². The molecule has 0 amide bonds. The lowest BCUT2D eigenvalue weighted by molar-refractivity contribution is 0.418. The maximum absolute atomic E-state index is 5.21. The molecule has 2 rings (SSSR count). The van der Waals surface area contributed by atoms with E-state index in [4.69, 9.17) is 4.74 Å². The molecule has 2 nitrogen and oxygen atoms in total. The van der Waals surface area contributed by atoms with Crippen LogP contribution in [0.1, 0.15) is 0 Å². The number of fused-ring (bicyclic) bond motifs is 1. The Labute approximate surface area is 71.4 Å². The molecule has 1 aromatic carbocycles. The van der Waals surface area contributed by atoms with Crippen molar-refractivity contribution in [1.82, 2.24) is 4.57 Å². The predicted molar refractivity (Wildman–Crippen MR) is 48.3 cm³/mol. The Hall–Kier alpha value is -1.44. The third-order valence-corrected chi connectivity index (χ3v) is 2.01. The van der Waals surface area contributed by atoms with Crippen molar-refractivity contribution in [1.29, 1.82) is 0 Å². The molecule has 0 aliphatic carbocycles. The molecule has 0 spiro atoms. The average Bonchev–Trinajstić information content (AvgIpc) is 2.48. The Balaban J connectivity index is 2.84. The number of hydrogen-bond acceptors (Lipinski definition) is 1. The molecule has 12 heavy (non-hydrogen) atoms. The molecular formula is C10H10NO. The van der Waals surface area contributed by atoms with Gasteiger partial charge in [-0.2, -0.15) is 0 Å². The lowest BCUT2D eigenvalue weighted by Gasteiger charge is -2.03. The molecule has 0 unspecified atom stereocenters. The summed E-state index contributed by atoms with van der Waals surface area (Å²) in [5.41, 5.74) is 1.12. The molecule has 1 radical (unpaired) electrons. The minimum atomic E-state index is 0.875. The van der Waals surface area contributed by atoms with Gasteiger partial charge in [0.2, 0.25) is 0 Å². The highest BCUT2D eigenvalue weighted by atomic mass is 16.5. The van der Waals surface area contributed by atoms with Crippen LogP contribution in [0.3, 0.4) is 0 Å². The molecule has 0 bridgehead atoms. The highest BCUT2D eigenvalue weighted by Crippen LogP contribution is 2.24. The van der Waals surface area contributed by atoms with E-state index in [9.17, 15) is 0 Å². The zero-order valence-electron chi connectivity index (χ0n) is 7.16. The number of aryl methyl sites for hydroxylation is 1. The number of hydrogen-bond donors (Lipinski definition) is 0. The molecule has 0 atom stereocenters. The second kappa shape index (κ2) is 2.55. The third kappa shape index (κ3) is 0.881. The number of benzene rings is 1. The standard InChI is InChI=1S/C10H10NO/c1-11-7-6-8-4-3-5-9(12-2)10(8)11/h4-7H,1-2H3. The molecule has 0 fully saturated rings. The van der Waals surface area contributed by atoms with E-state index in [1.165, 1.54) is 0 Å². The van der Waals surface area contributed by atoms with Gasteiger partial charge in [-0.15, -0.1) is 0 Å². The van der Waals surface area contributed by atoms with Gasteiger partial charge in [0.05, 0.1) is 12.6 Å². The minimum absolute atomic E-state index is 0.875. The van der Waals surface area contributed by atoms with E-state index in [2.05, 4.69) is 6.07 Å². The number of aromatic nitrogens is 1. The Kier molecular flexibility index (Phi) is 1.54. The van der Waals surface area contributed by atoms with Crippen LogP contribution in [0.5, 0.6) is 5.75 Å². The van der Waals surface area contributed by atoms with E-state index in [-0.39, 0.29) is 0 Å². The molecule has 61 valence electrons. The Morgan fingerprint density at radius 2 is 2.25 bits per heavy atom. The van der Waals surface area contributed by atoms with Gasteiger partial charge in [-0.3, -0.25) is 0 Å². The van der Waals surface area contributed by atoms with Crippen LogP contribution in [0.15, 0.2) is 24.4 Å². The molecule has 0 saturated heterocycles. The number of nitrogens with zero attached hydrogens (tertiary/aromatic N) is 1. The second-order valence-electron chi connectivity index (χ2n) is 2.75. The smallest absolute Gasteiger partial charge is 0.143 e. The molecule has 0 N–H and O–H groups in total. The summed E-state index contributed by atoms with van der Waals surface area (Å²) in [6.45, 7) is 0. The minimum Gasteiger partial charge on any atom is -0.495 e. The van der Waals surface area contributed by atoms with Crippen LogP contribution >= 0.6 is 0 Å². The summed E-state index contributed by atoms with van der Waals surface area (Å²) in [4.78, 5) is 0. The van der Waals surface area contributed by atoms with E-state index >= 15 is 0 Å². The van der Waals surface area contributed by atoms with E-state index < -0.39 is 0 Å². The van der Waals surface area contributed by atoms with Crippen molar-refractivity contribution in [2.45, 2.75) is 0 Å². The summed E-state index contributed by atoms with van der Waals surface area (Å²) >= 11 is 0. The van der Waals surface area contributed by atoms with Crippen LogP contribution < -0.4 is 4.74 Å². The fourth-order valence-corrected chi connectivity index (χ4v) is 1.41. The Morgan fingerprint density at radius 3 is 3.00 bits per heavy atom. The van der Waals surface area contributed by atoms with Gasteiger partial charge in [0.1, 0.15) is 5.75 Å². The zero-order valence-corrected chi connectivity index (χ0v) is 7.16. The first-order valence-corrected chi connectivity index (χ1v) is 3.82. The highest BCUT2D eigenvalue weighted by Gasteiger charge is 2.02. The average molecular weight is 160 g/mol. The van der Waals surface area contributed by atoms with Crippen LogP contribution in [0, 0.1) is 6.07 Å². The Bertz CT molecular complexity index is 403. The number of ether oxygens (including phenoxy) is 1. The lowest BCUT2D eigenvalue weighted by Crippen LogP contribution is -1.89. The van der Waals surface area contributed by atoms with E-state index in [0.29, 0.717) is 0 Å². The zero-order chi connectivity index (χ0) is 8.55. The van der Waals surface area contributed by atoms with Crippen molar-refractivity contribution >= 4 is 10.9 Å².